The number of hydrogen-bond donors (Lipinski definition) is 0. The summed E-state index contributed by atoms with van der Waals surface area (Å²) in [6.07, 6.45) is 0. The van der Waals surface area contributed by atoms with Gasteiger partial charge in [0.05, 0.1) is 22.8 Å². The molecular weight excluding hydrogens is 522 g/mol. The van der Waals surface area contributed by atoms with E-state index in [-0.39, 0.29) is 0 Å². The number of para-hydroxylation sites is 2. The van der Waals surface area contributed by atoms with E-state index in [0.29, 0.717) is 23.7 Å². The van der Waals surface area contributed by atoms with Crippen LogP contribution in [0.2, 0.25) is 0 Å². The van der Waals surface area contributed by atoms with Crippen molar-refractivity contribution in [3.05, 3.63) is 58.7 Å². The molecule has 2 aromatic rings. The fraction of sp³-hybridized carbons (Fsp3) is 0.500. The molecule has 0 N–H and O–H groups in total. The second-order valence-electron chi connectivity index (χ2n) is 9.78. The molecule has 34 heavy (non-hydrogen) atoms. The summed E-state index contributed by atoms with van der Waals surface area (Å²) in [4.78, 5) is 10.3. The summed E-state index contributed by atoms with van der Waals surface area (Å²) in [7, 11) is 14.9. The third kappa shape index (κ3) is 9.36. The zero-order valence-electron chi connectivity index (χ0n) is 22.2. The maximum absolute atomic E-state index is 5.13. The Bertz CT molecular complexity index is 860. The first kappa shape index (κ1) is 31.3. The van der Waals surface area contributed by atoms with E-state index >= 15 is 0 Å². The number of nitrogens with zero attached hydrogens (tertiary/aromatic N) is 2. The standard InChI is InChI=1S/C28H40N2.3ClH.V/c1-17(2)23-13-11-14-24(18(3)4)27(23)29-21(9)22(10)30-28-25(19(5)6)15-12-16-26(28)20(7)8;;;;/h11-20H,1-10H3;3*1H;/q;;;;+3/p-3. The number of rotatable bonds is 7. The Morgan fingerprint density at radius 1 is 0.559 bits per heavy atom. The molecule has 188 valence electrons. The van der Waals surface area contributed by atoms with Crippen LogP contribution in [-0.4, -0.2) is 11.4 Å². The third-order valence-corrected chi connectivity index (χ3v) is 5.77. The van der Waals surface area contributed by atoms with E-state index in [0.717, 1.165) is 22.8 Å². The molecule has 0 aliphatic rings. The van der Waals surface area contributed by atoms with Crippen molar-refractivity contribution in [1.82, 2.24) is 0 Å². The van der Waals surface area contributed by atoms with Crippen LogP contribution in [0.4, 0.5) is 11.4 Å². The van der Waals surface area contributed by atoms with E-state index in [1.807, 2.05) is 0 Å². The summed E-state index contributed by atoms with van der Waals surface area (Å²) in [5, 5.41) is 0. The Kier molecular flexibility index (Phi) is 13.5. The van der Waals surface area contributed by atoms with E-state index in [9.17, 15) is 0 Å². The molecule has 0 aliphatic heterocycles. The van der Waals surface area contributed by atoms with Gasteiger partial charge in [-0.1, -0.05) is 91.8 Å². The van der Waals surface area contributed by atoms with Crippen molar-refractivity contribution in [3.63, 3.8) is 0 Å². The molecule has 2 rings (SSSR count). The maximum atomic E-state index is 5.13. The van der Waals surface area contributed by atoms with Gasteiger partial charge in [0.15, 0.2) is 0 Å². The summed E-state index contributed by atoms with van der Waals surface area (Å²) < 4.78 is 0. The molecule has 0 spiro atoms. The van der Waals surface area contributed by atoms with Gasteiger partial charge < -0.3 is 0 Å². The normalized spacial score (nSPS) is 12.8. The Hall–Kier alpha value is -0.766. The van der Waals surface area contributed by atoms with Gasteiger partial charge in [-0.05, 0) is 59.8 Å². The predicted molar refractivity (Wildman–Crippen MR) is 152 cm³/mol. The summed E-state index contributed by atoms with van der Waals surface area (Å²) >= 11 is -1.77. The topological polar surface area (TPSA) is 24.7 Å². The van der Waals surface area contributed by atoms with E-state index in [4.69, 9.17) is 39.5 Å². The molecule has 6 heteroatoms. The molecule has 2 nitrogen and oxygen atoms in total. The van der Waals surface area contributed by atoms with Gasteiger partial charge in [-0.15, -0.1) is 0 Å². The molecule has 0 amide bonds. The molecule has 0 unspecified atom stereocenters. The van der Waals surface area contributed by atoms with E-state index in [1.165, 1.54) is 22.3 Å². The van der Waals surface area contributed by atoms with Gasteiger partial charge in [0.1, 0.15) is 0 Å². The first-order chi connectivity index (χ1) is 15.8. The van der Waals surface area contributed by atoms with Gasteiger partial charge in [-0.2, -0.15) is 0 Å². The molecule has 0 bridgehead atoms. The fourth-order valence-corrected chi connectivity index (χ4v) is 3.78. The number of benzene rings is 2. The van der Waals surface area contributed by atoms with Crippen LogP contribution >= 0.6 is 29.5 Å². The molecule has 0 fully saturated rings. The van der Waals surface area contributed by atoms with Gasteiger partial charge in [-0.3, -0.25) is 9.98 Å². The molecular formula is C28H40Cl3N2V. The number of hydrogen-bond acceptors (Lipinski definition) is 2. The van der Waals surface area contributed by atoms with Gasteiger partial charge in [0, 0.05) is 0 Å². The van der Waals surface area contributed by atoms with Gasteiger partial charge in [-0.25, -0.2) is 0 Å². The van der Waals surface area contributed by atoms with Crippen molar-refractivity contribution in [3.8, 4) is 0 Å². The van der Waals surface area contributed by atoms with Crippen LogP contribution in [0.1, 0.15) is 115 Å². The van der Waals surface area contributed by atoms with Crippen molar-refractivity contribution in [2.45, 2.75) is 92.9 Å². The second kappa shape index (κ2) is 14.7. The Labute approximate surface area is 225 Å². The average Bonchev–Trinajstić information content (AvgIpc) is 2.72. The molecule has 0 atom stereocenters. The van der Waals surface area contributed by atoms with Crippen LogP contribution in [0.3, 0.4) is 0 Å². The quantitative estimate of drug-likeness (QED) is 0.300. The predicted octanol–water partition coefficient (Wildman–Crippen LogP) is 11.1. The first-order valence-corrected chi connectivity index (χ1v) is 17.7. The average molecular weight is 562 g/mol. The van der Waals surface area contributed by atoms with E-state index in [2.05, 4.69) is 106 Å². The zero-order valence-corrected chi connectivity index (χ0v) is 25.9. The summed E-state index contributed by atoms with van der Waals surface area (Å²) in [6.45, 7) is 22.1. The van der Waals surface area contributed by atoms with Crippen molar-refractivity contribution in [2.75, 3.05) is 0 Å². The van der Waals surface area contributed by atoms with Crippen LogP contribution in [0.5, 0.6) is 0 Å². The van der Waals surface area contributed by atoms with Gasteiger partial charge in [0.2, 0.25) is 0 Å². The van der Waals surface area contributed by atoms with E-state index < -0.39 is 12.3 Å². The minimum atomic E-state index is -1.77. The Balaban J connectivity index is 0.00000133. The van der Waals surface area contributed by atoms with Crippen molar-refractivity contribution >= 4 is 52.3 Å². The van der Waals surface area contributed by atoms with E-state index in [1.54, 1.807) is 0 Å². The van der Waals surface area contributed by atoms with Gasteiger partial charge >= 0.3 is 41.8 Å². The van der Waals surface area contributed by atoms with Crippen molar-refractivity contribution in [2.24, 2.45) is 9.98 Å². The van der Waals surface area contributed by atoms with Crippen LogP contribution in [0, 0.1) is 0 Å². The Morgan fingerprint density at radius 2 is 0.765 bits per heavy atom. The van der Waals surface area contributed by atoms with Crippen LogP contribution in [0.25, 0.3) is 0 Å². The van der Waals surface area contributed by atoms with Crippen LogP contribution < -0.4 is 0 Å². The van der Waals surface area contributed by atoms with Crippen molar-refractivity contribution in [1.29, 1.82) is 0 Å². The van der Waals surface area contributed by atoms with Crippen LogP contribution in [-0.2, 0) is 12.3 Å². The first-order valence-electron chi connectivity index (χ1n) is 11.9. The second-order valence-corrected chi connectivity index (χ2v) is 16.7. The summed E-state index contributed by atoms with van der Waals surface area (Å²) in [5.74, 6) is 1.73. The number of aliphatic imine (C=N–C) groups is 2. The molecule has 2 aromatic carbocycles. The third-order valence-electron chi connectivity index (χ3n) is 5.77. The minimum absolute atomic E-state index is 0.432. The molecule has 0 radical (unpaired) electrons. The monoisotopic (exact) mass is 560 g/mol. The number of halogens is 3. The molecule has 0 saturated carbocycles. The molecule has 0 saturated heterocycles. The summed E-state index contributed by atoms with van der Waals surface area (Å²) in [6, 6.07) is 13.2. The molecule has 0 aliphatic carbocycles. The summed E-state index contributed by atoms with van der Waals surface area (Å²) in [5.41, 5.74) is 9.43. The molecule has 0 aromatic heterocycles. The van der Waals surface area contributed by atoms with Gasteiger partial charge in [0.25, 0.3) is 0 Å². The zero-order chi connectivity index (χ0) is 26.2. The fourth-order valence-electron chi connectivity index (χ4n) is 3.78. The van der Waals surface area contributed by atoms with Crippen LogP contribution in [0.15, 0.2) is 46.4 Å². The Morgan fingerprint density at radius 3 is 0.941 bits per heavy atom. The molecule has 0 heterocycles. The van der Waals surface area contributed by atoms with Crippen molar-refractivity contribution < 1.29 is 12.3 Å². The SMILES string of the molecule is CC(=Nc1c(C(C)C)cccc1C(C)C)C(C)=Nc1c(C(C)C)cccc1C(C)C.[Cl][V]([Cl])[Cl].